The van der Waals surface area contributed by atoms with Crippen molar-refractivity contribution >= 4 is 29.4 Å². The second-order valence-electron chi connectivity index (χ2n) is 4.26. The molecule has 0 atom stereocenters. The molecule has 0 radical (unpaired) electrons. The Hall–Kier alpha value is 0.250. The van der Waals surface area contributed by atoms with Crippen LogP contribution in [0.5, 0.6) is 0 Å². The van der Waals surface area contributed by atoms with Crippen LogP contribution in [-0.2, 0) is 0 Å². The SMILES string of the molecule is CC(C)C(Cl)(Cl)C=NC(C)(C)C. The lowest BCUT2D eigenvalue weighted by Crippen LogP contribution is -2.25. The van der Waals surface area contributed by atoms with Crippen LogP contribution in [0.4, 0.5) is 0 Å². The largest absolute Gasteiger partial charge is 0.289 e. The Labute approximate surface area is 85.2 Å². The molecular weight excluding hydrogens is 193 g/mol. The summed E-state index contributed by atoms with van der Waals surface area (Å²) in [6.45, 7) is 9.96. The molecule has 0 bridgehead atoms. The first-order valence-corrected chi connectivity index (χ1v) is 4.85. The monoisotopic (exact) mass is 209 g/mol. The van der Waals surface area contributed by atoms with Gasteiger partial charge in [0, 0.05) is 6.21 Å². The van der Waals surface area contributed by atoms with Crippen LogP contribution in [0.15, 0.2) is 4.99 Å². The number of nitrogens with zero attached hydrogens (tertiary/aromatic N) is 1. The Balaban J connectivity index is 4.34. The number of halogens is 2. The molecule has 0 heterocycles. The van der Waals surface area contributed by atoms with E-state index in [0.717, 1.165) is 0 Å². The van der Waals surface area contributed by atoms with E-state index in [1.54, 1.807) is 6.21 Å². The maximum absolute atomic E-state index is 5.99. The minimum absolute atomic E-state index is 0.107. The Kier molecular flexibility index (Phi) is 4.05. The molecule has 0 rings (SSSR count). The van der Waals surface area contributed by atoms with Crippen molar-refractivity contribution in [3.63, 3.8) is 0 Å². The van der Waals surface area contributed by atoms with Crippen LogP contribution in [0, 0.1) is 5.92 Å². The van der Waals surface area contributed by atoms with Crippen molar-refractivity contribution in [3.8, 4) is 0 Å². The molecule has 0 aromatic rings. The van der Waals surface area contributed by atoms with Crippen molar-refractivity contribution in [2.75, 3.05) is 0 Å². The van der Waals surface area contributed by atoms with Gasteiger partial charge in [-0.25, -0.2) is 0 Å². The van der Waals surface area contributed by atoms with E-state index < -0.39 is 4.33 Å². The van der Waals surface area contributed by atoms with Gasteiger partial charge in [-0.2, -0.15) is 0 Å². The smallest absolute Gasteiger partial charge is 0.155 e. The van der Waals surface area contributed by atoms with Gasteiger partial charge in [-0.15, -0.1) is 0 Å². The second kappa shape index (κ2) is 3.97. The predicted octanol–water partition coefficient (Wildman–Crippen LogP) is 3.69. The molecule has 0 N–H and O–H groups in total. The maximum Gasteiger partial charge on any atom is 0.155 e. The van der Waals surface area contributed by atoms with Gasteiger partial charge in [-0.1, -0.05) is 37.0 Å². The highest BCUT2D eigenvalue weighted by Crippen LogP contribution is 2.28. The molecule has 0 saturated heterocycles. The molecular formula is C9H17Cl2N. The fraction of sp³-hybridized carbons (Fsp3) is 0.889. The summed E-state index contributed by atoms with van der Waals surface area (Å²) in [5, 5.41) is 0. The van der Waals surface area contributed by atoms with Crippen LogP contribution in [-0.4, -0.2) is 16.1 Å². The van der Waals surface area contributed by atoms with E-state index >= 15 is 0 Å². The zero-order valence-electron chi connectivity index (χ0n) is 8.36. The molecule has 0 spiro atoms. The fourth-order valence-corrected chi connectivity index (χ4v) is 0.526. The van der Waals surface area contributed by atoms with Gasteiger partial charge in [0.25, 0.3) is 0 Å². The summed E-state index contributed by atoms with van der Waals surface area (Å²) >= 11 is 12.0. The number of rotatable bonds is 2. The maximum atomic E-state index is 5.99. The van der Waals surface area contributed by atoms with Gasteiger partial charge < -0.3 is 0 Å². The summed E-state index contributed by atoms with van der Waals surface area (Å²) in [4.78, 5) is 4.26. The normalized spacial score (nSPS) is 14.7. The fourth-order valence-electron chi connectivity index (χ4n) is 0.429. The van der Waals surface area contributed by atoms with E-state index in [-0.39, 0.29) is 11.5 Å². The molecule has 0 aliphatic rings. The van der Waals surface area contributed by atoms with Crippen molar-refractivity contribution < 1.29 is 0 Å². The predicted molar refractivity (Wildman–Crippen MR) is 57.5 cm³/mol. The molecule has 0 aromatic carbocycles. The van der Waals surface area contributed by atoms with Crippen LogP contribution < -0.4 is 0 Å². The summed E-state index contributed by atoms with van der Waals surface area (Å²) in [6.07, 6.45) is 1.63. The number of aliphatic imine (C=N–C) groups is 1. The highest BCUT2D eigenvalue weighted by atomic mass is 35.5. The topological polar surface area (TPSA) is 12.4 Å². The standard InChI is InChI=1S/C9H17Cl2N/c1-7(2)9(10,11)6-12-8(3,4)5/h6-7H,1-5H3. The Morgan fingerprint density at radius 2 is 1.58 bits per heavy atom. The van der Waals surface area contributed by atoms with Gasteiger partial charge in [0.15, 0.2) is 4.33 Å². The van der Waals surface area contributed by atoms with Gasteiger partial charge in [0.05, 0.1) is 5.54 Å². The summed E-state index contributed by atoms with van der Waals surface area (Å²) in [6, 6.07) is 0. The zero-order valence-corrected chi connectivity index (χ0v) is 9.87. The highest BCUT2D eigenvalue weighted by molar-refractivity contribution is 6.56. The molecule has 0 unspecified atom stereocenters. The lowest BCUT2D eigenvalue weighted by atomic mass is 10.1. The van der Waals surface area contributed by atoms with Crippen LogP contribution in [0.2, 0.25) is 0 Å². The van der Waals surface area contributed by atoms with E-state index in [9.17, 15) is 0 Å². The Morgan fingerprint density at radius 1 is 1.17 bits per heavy atom. The van der Waals surface area contributed by atoms with Crippen molar-refractivity contribution in [2.24, 2.45) is 10.9 Å². The van der Waals surface area contributed by atoms with Crippen LogP contribution in [0.1, 0.15) is 34.6 Å². The van der Waals surface area contributed by atoms with Gasteiger partial charge in [0.2, 0.25) is 0 Å². The second-order valence-corrected chi connectivity index (χ2v) is 5.70. The molecule has 0 aliphatic heterocycles. The molecule has 0 fully saturated rings. The van der Waals surface area contributed by atoms with E-state index in [1.165, 1.54) is 0 Å². The van der Waals surface area contributed by atoms with Gasteiger partial charge in [-0.3, -0.25) is 4.99 Å². The van der Waals surface area contributed by atoms with Crippen molar-refractivity contribution in [1.29, 1.82) is 0 Å². The van der Waals surface area contributed by atoms with E-state index in [4.69, 9.17) is 23.2 Å². The average Bonchev–Trinajstić information content (AvgIpc) is 1.82. The molecule has 1 nitrogen and oxygen atoms in total. The van der Waals surface area contributed by atoms with Gasteiger partial charge >= 0.3 is 0 Å². The lowest BCUT2D eigenvalue weighted by molar-refractivity contribution is 0.576. The quantitative estimate of drug-likeness (QED) is 0.487. The van der Waals surface area contributed by atoms with Gasteiger partial charge in [0.1, 0.15) is 0 Å². The van der Waals surface area contributed by atoms with Crippen molar-refractivity contribution in [1.82, 2.24) is 0 Å². The summed E-state index contributed by atoms with van der Waals surface area (Å²) in [5.74, 6) is 0.173. The molecule has 3 heteroatoms. The molecule has 0 aromatic heterocycles. The van der Waals surface area contributed by atoms with Crippen molar-refractivity contribution in [3.05, 3.63) is 0 Å². The molecule has 0 saturated carbocycles. The van der Waals surface area contributed by atoms with Crippen LogP contribution >= 0.6 is 23.2 Å². The number of hydrogen-bond acceptors (Lipinski definition) is 1. The number of alkyl halides is 2. The van der Waals surface area contributed by atoms with E-state index in [2.05, 4.69) is 4.99 Å². The van der Waals surface area contributed by atoms with Crippen LogP contribution in [0.25, 0.3) is 0 Å². The Bertz CT molecular complexity index is 166. The Morgan fingerprint density at radius 3 is 1.83 bits per heavy atom. The van der Waals surface area contributed by atoms with Crippen LogP contribution in [0.3, 0.4) is 0 Å². The minimum atomic E-state index is -0.840. The molecule has 0 aliphatic carbocycles. The van der Waals surface area contributed by atoms with E-state index in [1.807, 2.05) is 34.6 Å². The molecule has 12 heavy (non-hydrogen) atoms. The van der Waals surface area contributed by atoms with Gasteiger partial charge in [-0.05, 0) is 26.7 Å². The number of hydrogen-bond donors (Lipinski definition) is 0. The first-order chi connectivity index (χ1) is 5.15. The molecule has 72 valence electrons. The zero-order chi connectivity index (χ0) is 9.99. The third-order valence-corrected chi connectivity index (χ3v) is 2.46. The minimum Gasteiger partial charge on any atom is -0.289 e. The molecule has 0 amide bonds. The first kappa shape index (κ1) is 12.2. The highest BCUT2D eigenvalue weighted by Gasteiger charge is 2.26. The third kappa shape index (κ3) is 5.00. The lowest BCUT2D eigenvalue weighted by Gasteiger charge is -2.21. The average molecular weight is 210 g/mol. The van der Waals surface area contributed by atoms with E-state index in [0.29, 0.717) is 0 Å². The first-order valence-electron chi connectivity index (χ1n) is 4.09. The third-order valence-electron chi connectivity index (χ3n) is 1.39. The summed E-state index contributed by atoms with van der Waals surface area (Å²) in [5.41, 5.74) is -0.107. The summed E-state index contributed by atoms with van der Waals surface area (Å²) in [7, 11) is 0. The summed E-state index contributed by atoms with van der Waals surface area (Å²) < 4.78 is -0.840. The van der Waals surface area contributed by atoms with Crippen molar-refractivity contribution in [2.45, 2.75) is 44.5 Å².